The molecule has 3 heterocycles. The first-order valence-corrected chi connectivity index (χ1v) is 11.5. The van der Waals surface area contributed by atoms with Crippen molar-refractivity contribution in [2.75, 3.05) is 32.1 Å². The highest BCUT2D eigenvalue weighted by atomic mass is 19.4. The van der Waals surface area contributed by atoms with Gasteiger partial charge in [-0.3, -0.25) is 14.9 Å². The molecule has 0 bridgehead atoms. The van der Waals surface area contributed by atoms with Crippen LogP contribution < -0.4 is 4.90 Å². The number of nitrogens with zero attached hydrogens (tertiary/aromatic N) is 6. The Morgan fingerprint density at radius 3 is 2.51 bits per heavy atom. The van der Waals surface area contributed by atoms with Crippen molar-refractivity contribution in [1.29, 1.82) is 5.41 Å². The van der Waals surface area contributed by atoms with E-state index in [-0.39, 0.29) is 18.3 Å². The van der Waals surface area contributed by atoms with Crippen molar-refractivity contribution in [2.45, 2.75) is 38.0 Å². The Morgan fingerprint density at radius 2 is 1.86 bits per heavy atom. The summed E-state index contributed by atoms with van der Waals surface area (Å²) in [7, 11) is 3.54. The van der Waals surface area contributed by atoms with E-state index in [1.165, 1.54) is 18.5 Å². The zero-order valence-electron chi connectivity index (χ0n) is 19.8. The summed E-state index contributed by atoms with van der Waals surface area (Å²) < 4.78 is 40.1. The highest BCUT2D eigenvalue weighted by Gasteiger charge is 2.34. The van der Waals surface area contributed by atoms with Crippen LogP contribution in [0.25, 0.3) is 10.8 Å². The van der Waals surface area contributed by atoms with Gasteiger partial charge in [0.25, 0.3) is 0 Å². The number of pyridine rings is 1. The standard InChI is InChI=1S/C25H28F3N7/c1-30-21(9-12-29)23-18-6-3-4-7-19(18)24(33-32-23)35-14-10-17(11-15-35)34(2)16-22-20(25(26,27)28)8-5-13-31-22/h3-8,12-13,17,29H,9-11,14-16H2,1-2H3. The number of aromatic nitrogens is 3. The molecule has 1 N–H and O–H groups in total. The first-order chi connectivity index (χ1) is 16.8. The van der Waals surface area contributed by atoms with Crippen LogP contribution in [0.5, 0.6) is 0 Å². The summed E-state index contributed by atoms with van der Waals surface area (Å²) in [5.41, 5.74) is 0.768. The fourth-order valence-electron chi connectivity index (χ4n) is 4.63. The summed E-state index contributed by atoms with van der Waals surface area (Å²) in [5, 5.41) is 18.3. The summed E-state index contributed by atoms with van der Waals surface area (Å²) in [5.74, 6) is 0.792. The Labute approximate surface area is 202 Å². The summed E-state index contributed by atoms with van der Waals surface area (Å²) in [6, 6.07) is 10.5. The Kier molecular flexibility index (Phi) is 7.39. The second-order valence-electron chi connectivity index (χ2n) is 8.63. The molecule has 1 aromatic carbocycles. The lowest BCUT2D eigenvalue weighted by atomic mass is 10.0. The molecule has 7 nitrogen and oxygen atoms in total. The zero-order valence-corrected chi connectivity index (χ0v) is 19.8. The van der Waals surface area contributed by atoms with Gasteiger partial charge in [0.15, 0.2) is 5.82 Å². The van der Waals surface area contributed by atoms with E-state index in [9.17, 15) is 13.2 Å². The van der Waals surface area contributed by atoms with Crippen LogP contribution in [0.2, 0.25) is 0 Å². The molecule has 0 spiro atoms. The molecule has 0 saturated carbocycles. The summed E-state index contributed by atoms with van der Waals surface area (Å²) >= 11 is 0. The number of aliphatic imine (C=N–C) groups is 1. The number of rotatable bonds is 7. The Bertz CT molecular complexity index is 1220. The topological polar surface area (TPSA) is 81.4 Å². The molecule has 0 amide bonds. The van der Waals surface area contributed by atoms with Crippen LogP contribution in [-0.2, 0) is 12.7 Å². The monoisotopic (exact) mass is 483 g/mol. The number of hydrogen-bond acceptors (Lipinski definition) is 7. The summed E-state index contributed by atoms with van der Waals surface area (Å²) in [4.78, 5) is 12.4. The van der Waals surface area contributed by atoms with Crippen molar-refractivity contribution in [2.24, 2.45) is 4.99 Å². The van der Waals surface area contributed by atoms with Crippen LogP contribution in [0, 0.1) is 5.41 Å². The van der Waals surface area contributed by atoms with E-state index < -0.39 is 11.7 Å². The number of nitrogens with one attached hydrogen (secondary N) is 1. The zero-order chi connectivity index (χ0) is 25.0. The van der Waals surface area contributed by atoms with Gasteiger partial charge in [0, 0.05) is 62.3 Å². The minimum Gasteiger partial charge on any atom is -0.354 e. The summed E-state index contributed by atoms with van der Waals surface area (Å²) in [6.07, 6.45) is 0.261. The van der Waals surface area contributed by atoms with Crippen molar-refractivity contribution >= 4 is 28.5 Å². The smallest absolute Gasteiger partial charge is 0.354 e. The minimum absolute atomic E-state index is 0.0516. The summed E-state index contributed by atoms with van der Waals surface area (Å²) in [6.45, 7) is 1.58. The Morgan fingerprint density at radius 1 is 1.14 bits per heavy atom. The number of alkyl halides is 3. The lowest BCUT2D eigenvalue weighted by Crippen LogP contribution is -2.43. The van der Waals surface area contributed by atoms with E-state index in [2.05, 4.69) is 25.1 Å². The highest BCUT2D eigenvalue weighted by molar-refractivity contribution is 6.14. The molecule has 1 fully saturated rings. The van der Waals surface area contributed by atoms with Gasteiger partial charge < -0.3 is 10.3 Å². The van der Waals surface area contributed by atoms with Crippen LogP contribution in [0.4, 0.5) is 19.0 Å². The van der Waals surface area contributed by atoms with E-state index >= 15 is 0 Å². The molecule has 1 aliphatic rings. The van der Waals surface area contributed by atoms with Gasteiger partial charge in [-0.15, -0.1) is 10.2 Å². The van der Waals surface area contributed by atoms with E-state index in [0.29, 0.717) is 17.8 Å². The van der Waals surface area contributed by atoms with E-state index in [0.717, 1.165) is 48.6 Å². The molecular formula is C25H28F3N7. The fraction of sp³-hybridized carbons (Fsp3) is 0.400. The molecule has 1 aliphatic heterocycles. The molecule has 0 unspecified atom stereocenters. The minimum atomic E-state index is -4.42. The number of anilines is 1. The van der Waals surface area contributed by atoms with Gasteiger partial charge in [0.2, 0.25) is 0 Å². The molecule has 4 rings (SSSR count). The first-order valence-electron chi connectivity index (χ1n) is 11.5. The van der Waals surface area contributed by atoms with E-state index in [1.54, 1.807) is 7.05 Å². The van der Waals surface area contributed by atoms with Crippen LogP contribution in [0.3, 0.4) is 0 Å². The maximum Gasteiger partial charge on any atom is 0.418 e. The van der Waals surface area contributed by atoms with E-state index in [1.807, 2.05) is 36.2 Å². The number of hydrogen-bond donors (Lipinski definition) is 1. The number of halogens is 3. The highest BCUT2D eigenvalue weighted by Crippen LogP contribution is 2.33. The molecular weight excluding hydrogens is 455 g/mol. The first kappa shape index (κ1) is 24.7. The fourth-order valence-corrected chi connectivity index (χ4v) is 4.63. The molecule has 1 saturated heterocycles. The predicted molar refractivity (Wildman–Crippen MR) is 131 cm³/mol. The Balaban J connectivity index is 1.50. The third-order valence-corrected chi connectivity index (χ3v) is 6.49. The molecule has 10 heteroatoms. The maximum absolute atomic E-state index is 13.4. The Hall–Kier alpha value is -3.40. The predicted octanol–water partition coefficient (Wildman–Crippen LogP) is 4.60. The van der Waals surface area contributed by atoms with Crippen LogP contribution >= 0.6 is 0 Å². The van der Waals surface area contributed by atoms with Crippen molar-refractivity contribution in [1.82, 2.24) is 20.1 Å². The second kappa shape index (κ2) is 10.5. The average Bonchev–Trinajstić information content (AvgIpc) is 2.86. The van der Waals surface area contributed by atoms with Crippen molar-refractivity contribution in [3.8, 4) is 0 Å². The number of fused-ring (bicyclic) bond motifs is 1. The molecule has 2 aromatic heterocycles. The molecule has 35 heavy (non-hydrogen) atoms. The van der Waals surface area contributed by atoms with Gasteiger partial charge in [0.1, 0.15) is 5.69 Å². The van der Waals surface area contributed by atoms with Gasteiger partial charge in [-0.1, -0.05) is 24.3 Å². The van der Waals surface area contributed by atoms with Gasteiger partial charge >= 0.3 is 6.18 Å². The van der Waals surface area contributed by atoms with Crippen LogP contribution in [0.15, 0.2) is 47.6 Å². The largest absolute Gasteiger partial charge is 0.418 e. The van der Waals surface area contributed by atoms with Gasteiger partial charge in [-0.05, 0) is 32.0 Å². The SMILES string of the molecule is CN=C(CC=N)c1nnc(N2CCC(N(C)Cc3ncccc3C(F)(F)F)CC2)c2ccccc12. The van der Waals surface area contributed by atoms with Crippen molar-refractivity contribution in [3.05, 3.63) is 59.5 Å². The van der Waals surface area contributed by atoms with Crippen molar-refractivity contribution in [3.63, 3.8) is 0 Å². The maximum atomic E-state index is 13.4. The third-order valence-electron chi connectivity index (χ3n) is 6.49. The molecule has 0 aliphatic carbocycles. The lowest BCUT2D eigenvalue weighted by Gasteiger charge is -2.37. The number of benzene rings is 1. The van der Waals surface area contributed by atoms with Gasteiger partial charge in [-0.2, -0.15) is 13.2 Å². The van der Waals surface area contributed by atoms with Crippen LogP contribution in [-0.4, -0.2) is 65.2 Å². The second-order valence-corrected chi connectivity index (χ2v) is 8.63. The lowest BCUT2D eigenvalue weighted by molar-refractivity contribution is -0.138. The molecule has 0 atom stereocenters. The van der Waals surface area contributed by atoms with Gasteiger partial charge in [0.05, 0.1) is 17.0 Å². The molecule has 3 aromatic rings. The van der Waals surface area contributed by atoms with E-state index in [4.69, 9.17) is 5.41 Å². The van der Waals surface area contributed by atoms with Crippen LogP contribution in [0.1, 0.15) is 36.2 Å². The normalized spacial score (nSPS) is 15.7. The van der Waals surface area contributed by atoms with Gasteiger partial charge in [-0.25, -0.2) is 0 Å². The van der Waals surface area contributed by atoms with Crippen molar-refractivity contribution < 1.29 is 13.2 Å². The number of piperidine rings is 1. The molecule has 0 radical (unpaired) electrons. The molecule has 184 valence electrons. The quantitative estimate of drug-likeness (QED) is 0.497. The average molecular weight is 484 g/mol. The third kappa shape index (κ3) is 5.32.